The summed E-state index contributed by atoms with van der Waals surface area (Å²) in [5.41, 5.74) is 3.46. The Labute approximate surface area is 142 Å². The van der Waals surface area contributed by atoms with Crippen LogP contribution in [-0.4, -0.2) is 13.0 Å². The van der Waals surface area contributed by atoms with Crippen molar-refractivity contribution in [1.29, 1.82) is 0 Å². The van der Waals surface area contributed by atoms with Crippen molar-refractivity contribution in [2.24, 2.45) is 0 Å². The Hall–Kier alpha value is -1.81. The summed E-state index contributed by atoms with van der Waals surface area (Å²) in [7, 11) is 1.70. The van der Waals surface area contributed by atoms with E-state index in [1.54, 1.807) is 18.4 Å². The molecule has 0 unspecified atom stereocenters. The molecule has 1 amide bonds. The molecule has 2 rings (SSSR count). The number of nitrogens with one attached hydrogen (secondary N) is 1. The molecule has 1 N–H and O–H groups in total. The minimum Gasteiger partial charge on any atom is -0.496 e. The summed E-state index contributed by atoms with van der Waals surface area (Å²) in [6.45, 7) is 8.39. The van der Waals surface area contributed by atoms with Gasteiger partial charge in [-0.25, -0.2) is 0 Å². The molecule has 1 heterocycles. The van der Waals surface area contributed by atoms with Gasteiger partial charge in [0, 0.05) is 4.88 Å². The van der Waals surface area contributed by atoms with E-state index in [0.717, 1.165) is 21.8 Å². The van der Waals surface area contributed by atoms with Crippen molar-refractivity contribution in [3.05, 3.63) is 51.2 Å². The Morgan fingerprint density at radius 2 is 2.00 bits per heavy atom. The molecule has 0 spiro atoms. The highest BCUT2D eigenvalue weighted by Crippen LogP contribution is 2.32. The van der Waals surface area contributed by atoms with E-state index in [4.69, 9.17) is 4.74 Å². The summed E-state index contributed by atoms with van der Waals surface area (Å²) in [4.78, 5) is 13.3. The molecule has 0 aliphatic heterocycles. The molecule has 0 aliphatic rings. The molecule has 0 saturated heterocycles. The standard InChI is InChI=1S/C19H25NO2S/c1-12(2)16-11-17(13(3)9-18(16)22-5)14(4)20-19(21)10-15-7-6-8-23-15/h6-9,11-12,14H,10H2,1-5H3,(H,20,21)/t14-/m0/s1. The van der Waals surface area contributed by atoms with Crippen molar-refractivity contribution in [2.75, 3.05) is 7.11 Å². The zero-order chi connectivity index (χ0) is 17.0. The van der Waals surface area contributed by atoms with Gasteiger partial charge < -0.3 is 10.1 Å². The second kappa shape index (κ2) is 7.64. The van der Waals surface area contributed by atoms with Crippen LogP contribution in [0.5, 0.6) is 5.75 Å². The molecule has 23 heavy (non-hydrogen) atoms. The first-order chi connectivity index (χ1) is 10.9. The summed E-state index contributed by atoms with van der Waals surface area (Å²) in [5.74, 6) is 1.35. The van der Waals surface area contributed by atoms with Gasteiger partial charge in [0.15, 0.2) is 0 Å². The number of aryl methyl sites for hydroxylation is 1. The molecule has 0 bridgehead atoms. The van der Waals surface area contributed by atoms with E-state index in [0.29, 0.717) is 12.3 Å². The van der Waals surface area contributed by atoms with Gasteiger partial charge in [-0.2, -0.15) is 0 Å². The lowest BCUT2D eigenvalue weighted by molar-refractivity contribution is -0.121. The maximum Gasteiger partial charge on any atom is 0.225 e. The molecule has 0 saturated carbocycles. The number of benzene rings is 1. The van der Waals surface area contributed by atoms with Crippen LogP contribution in [0, 0.1) is 6.92 Å². The first-order valence-electron chi connectivity index (χ1n) is 7.92. The second-order valence-electron chi connectivity index (χ2n) is 6.15. The molecular formula is C19H25NO2S. The van der Waals surface area contributed by atoms with Crippen molar-refractivity contribution in [1.82, 2.24) is 5.32 Å². The monoisotopic (exact) mass is 331 g/mol. The van der Waals surface area contributed by atoms with Crippen LogP contribution in [0.15, 0.2) is 29.6 Å². The molecule has 0 radical (unpaired) electrons. The molecule has 1 aromatic heterocycles. The van der Waals surface area contributed by atoms with Crippen molar-refractivity contribution in [2.45, 2.75) is 46.1 Å². The molecule has 0 aliphatic carbocycles. The van der Waals surface area contributed by atoms with Gasteiger partial charge in [-0.3, -0.25) is 4.79 Å². The van der Waals surface area contributed by atoms with E-state index < -0.39 is 0 Å². The van der Waals surface area contributed by atoms with Gasteiger partial charge in [0.25, 0.3) is 0 Å². The summed E-state index contributed by atoms with van der Waals surface area (Å²) < 4.78 is 5.49. The Balaban J connectivity index is 2.16. The van der Waals surface area contributed by atoms with Gasteiger partial charge >= 0.3 is 0 Å². The van der Waals surface area contributed by atoms with Gasteiger partial charge in [-0.05, 0) is 60.0 Å². The average Bonchev–Trinajstić information content (AvgIpc) is 2.98. The number of hydrogen-bond donors (Lipinski definition) is 1. The van der Waals surface area contributed by atoms with Crippen LogP contribution < -0.4 is 10.1 Å². The first kappa shape index (κ1) is 17.5. The fourth-order valence-electron chi connectivity index (χ4n) is 2.75. The van der Waals surface area contributed by atoms with Crippen molar-refractivity contribution < 1.29 is 9.53 Å². The number of thiophene rings is 1. The van der Waals surface area contributed by atoms with Crippen molar-refractivity contribution in [3.63, 3.8) is 0 Å². The number of rotatable bonds is 6. The lowest BCUT2D eigenvalue weighted by Crippen LogP contribution is -2.28. The molecule has 0 fully saturated rings. The fraction of sp³-hybridized carbons (Fsp3) is 0.421. The van der Waals surface area contributed by atoms with Crippen molar-refractivity contribution in [3.8, 4) is 5.75 Å². The SMILES string of the molecule is COc1cc(C)c([C@H](C)NC(=O)Cc2cccs2)cc1C(C)C. The van der Waals surface area contributed by atoms with Crippen LogP contribution in [0.3, 0.4) is 0 Å². The zero-order valence-electron chi connectivity index (χ0n) is 14.5. The number of amides is 1. The lowest BCUT2D eigenvalue weighted by atomic mass is 9.93. The van der Waals surface area contributed by atoms with E-state index in [2.05, 4.69) is 38.2 Å². The van der Waals surface area contributed by atoms with Crippen LogP contribution in [-0.2, 0) is 11.2 Å². The summed E-state index contributed by atoms with van der Waals surface area (Å²) in [6, 6.07) is 8.16. The predicted molar refractivity (Wildman–Crippen MR) is 96.4 cm³/mol. The highest BCUT2D eigenvalue weighted by Gasteiger charge is 2.17. The largest absolute Gasteiger partial charge is 0.496 e. The highest BCUT2D eigenvalue weighted by molar-refractivity contribution is 7.10. The molecule has 2 aromatic rings. The summed E-state index contributed by atoms with van der Waals surface area (Å²) >= 11 is 1.61. The zero-order valence-corrected chi connectivity index (χ0v) is 15.3. The second-order valence-corrected chi connectivity index (χ2v) is 7.18. The molecule has 1 atom stereocenters. The third-order valence-corrected chi connectivity index (χ3v) is 4.88. The summed E-state index contributed by atoms with van der Waals surface area (Å²) in [5, 5.41) is 5.10. The molecule has 3 nitrogen and oxygen atoms in total. The topological polar surface area (TPSA) is 38.3 Å². The number of carbonyl (C=O) groups excluding carboxylic acids is 1. The number of ether oxygens (including phenoxy) is 1. The van der Waals surface area contributed by atoms with Gasteiger partial charge in [0.2, 0.25) is 5.91 Å². The Morgan fingerprint density at radius 3 is 2.57 bits per heavy atom. The van der Waals surface area contributed by atoms with Crippen molar-refractivity contribution >= 4 is 17.2 Å². The quantitative estimate of drug-likeness (QED) is 0.839. The van der Waals surface area contributed by atoms with Crippen LogP contribution in [0.4, 0.5) is 0 Å². The lowest BCUT2D eigenvalue weighted by Gasteiger charge is -2.21. The van der Waals surface area contributed by atoms with E-state index >= 15 is 0 Å². The van der Waals surface area contributed by atoms with Gasteiger partial charge in [-0.1, -0.05) is 19.9 Å². The van der Waals surface area contributed by atoms with E-state index in [1.165, 1.54) is 5.56 Å². The van der Waals surface area contributed by atoms with Crippen LogP contribution in [0.2, 0.25) is 0 Å². The fourth-order valence-corrected chi connectivity index (χ4v) is 3.46. The third-order valence-electron chi connectivity index (χ3n) is 4.00. The van der Waals surface area contributed by atoms with Gasteiger partial charge in [-0.15, -0.1) is 11.3 Å². The number of carbonyl (C=O) groups is 1. The molecule has 1 aromatic carbocycles. The Bertz CT molecular complexity index is 662. The minimum absolute atomic E-state index is 0.0223. The number of methoxy groups -OCH3 is 1. The van der Waals surface area contributed by atoms with Crippen LogP contribution >= 0.6 is 11.3 Å². The van der Waals surface area contributed by atoms with Gasteiger partial charge in [0.1, 0.15) is 5.75 Å². The normalized spacial score (nSPS) is 12.3. The van der Waals surface area contributed by atoms with E-state index in [-0.39, 0.29) is 11.9 Å². The first-order valence-corrected chi connectivity index (χ1v) is 8.80. The Morgan fingerprint density at radius 1 is 1.26 bits per heavy atom. The molecule has 4 heteroatoms. The van der Waals surface area contributed by atoms with E-state index in [9.17, 15) is 4.79 Å². The van der Waals surface area contributed by atoms with Gasteiger partial charge in [0.05, 0.1) is 19.6 Å². The third kappa shape index (κ3) is 4.35. The van der Waals surface area contributed by atoms with Crippen LogP contribution in [0.25, 0.3) is 0 Å². The molecular weight excluding hydrogens is 306 g/mol. The Kier molecular flexibility index (Phi) is 5.83. The van der Waals surface area contributed by atoms with Crippen LogP contribution in [0.1, 0.15) is 54.3 Å². The smallest absolute Gasteiger partial charge is 0.225 e. The maximum absolute atomic E-state index is 12.2. The maximum atomic E-state index is 12.2. The predicted octanol–water partition coefficient (Wildman–Crippen LogP) is 4.61. The average molecular weight is 331 g/mol. The minimum atomic E-state index is -0.0223. The summed E-state index contributed by atoms with van der Waals surface area (Å²) in [6.07, 6.45) is 0.439. The highest BCUT2D eigenvalue weighted by atomic mass is 32.1. The van der Waals surface area contributed by atoms with E-state index in [1.807, 2.05) is 24.4 Å². The number of hydrogen-bond acceptors (Lipinski definition) is 3. The molecule has 124 valence electrons.